The first kappa shape index (κ1) is 10.0. The summed E-state index contributed by atoms with van der Waals surface area (Å²) < 4.78 is 5.22. The van der Waals surface area contributed by atoms with Gasteiger partial charge in [-0.1, -0.05) is 5.92 Å². The number of amides is 1. The van der Waals surface area contributed by atoms with E-state index < -0.39 is 0 Å². The van der Waals surface area contributed by atoms with Crippen LogP contribution >= 0.6 is 0 Å². The number of nitrogens with one attached hydrogen (secondary N) is 2. The lowest BCUT2D eigenvalue weighted by Gasteiger charge is -2.23. The third-order valence-corrected chi connectivity index (χ3v) is 1.81. The Labute approximate surface area is 78.0 Å². The third kappa shape index (κ3) is 3.92. The van der Waals surface area contributed by atoms with Crippen LogP contribution in [0.4, 0.5) is 0 Å². The number of carbonyl (C=O) groups excluding carboxylic acids is 1. The van der Waals surface area contributed by atoms with Crippen LogP contribution in [0.3, 0.4) is 0 Å². The first-order valence-electron chi connectivity index (χ1n) is 4.34. The van der Waals surface area contributed by atoms with Crippen LogP contribution in [-0.2, 0) is 9.53 Å². The van der Waals surface area contributed by atoms with Gasteiger partial charge in [0.25, 0.3) is 0 Å². The molecule has 1 fully saturated rings. The average Bonchev–Trinajstić information content (AvgIpc) is 2.17. The minimum Gasteiger partial charge on any atom is -0.378 e. The summed E-state index contributed by atoms with van der Waals surface area (Å²) in [6.45, 7) is 2.82. The molecule has 0 aromatic heterocycles. The predicted octanol–water partition coefficient (Wildman–Crippen LogP) is -0.886. The second-order valence-corrected chi connectivity index (χ2v) is 2.91. The number of hydrogen-bond acceptors (Lipinski definition) is 3. The summed E-state index contributed by atoms with van der Waals surface area (Å²) in [6, 6.07) is 0.218. The Morgan fingerprint density at radius 2 is 2.62 bits per heavy atom. The molecule has 4 heteroatoms. The van der Waals surface area contributed by atoms with E-state index >= 15 is 0 Å². The highest BCUT2D eigenvalue weighted by atomic mass is 16.5. The van der Waals surface area contributed by atoms with Gasteiger partial charge in [-0.3, -0.25) is 4.79 Å². The molecule has 1 atom stereocenters. The molecule has 2 N–H and O–H groups in total. The Balaban J connectivity index is 2.10. The Morgan fingerprint density at radius 1 is 1.77 bits per heavy atom. The molecule has 0 saturated carbocycles. The molecule has 1 aliphatic heterocycles. The largest absolute Gasteiger partial charge is 0.378 e. The zero-order valence-corrected chi connectivity index (χ0v) is 7.51. The van der Waals surface area contributed by atoms with Crippen LogP contribution in [0.5, 0.6) is 0 Å². The van der Waals surface area contributed by atoms with Crippen LogP contribution in [0.2, 0.25) is 0 Å². The lowest BCUT2D eigenvalue weighted by Crippen LogP contribution is -2.48. The molecule has 4 nitrogen and oxygen atoms in total. The standard InChI is InChI=1S/C9H14N2O2/c1-2-3-9(12)11-6-8-7-13-5-4-10-8/h1,8,10H,3-7H2,(H,11,12). The van der Waals surface area contributed by atoms with Crippen molar-refractivity contribution in [1.29, 1.82) is 0 Å². The van der Waals surface area contributed by atoms with Gasteiger partial charge in [-0.25, -0.2) is 0 Å². The minimum absolute atomic E-state index is 0.102. The summed E-state index contributed by atoms with van der Waals surface area (Å²) in [6.07, 6.45) is 5.13. The van der Waals surface area contributed by atoms with Crippen LogP contribution < -0.4 is 10.6 Å². The van der Waals surface area contributed by atoms with Crippen molar-refractivity contribution in [2.24, 2.45) is 0 Å². The van der Waals surface area contributed by atoms with E-state index in [1.54, 1.807) is 0 Å². The summed E-state index contributed by atoms with van der Waals surface area (Å²) in [5.74, 6) is 2.19. The first-order chi connectivity index (χ1) is 6.33. The topological polar surface area (TPSA) is 50.4 Å². The third-order valence-electron chi connectivity index (χ3n) is 1.81. The molecule has 1 unspecified atom stereocenters. The maximum Gasteiger partial charge on any atom is 0.232 e. The van der Waals surface area contributed by atoms with E-state index in [1.165, 1.54) is 0 Å². The highest BCUT2D eigenvalue weighted by Gasteiger charge is 2.12. The molecular weight excluding hydrogens is 168 g/mol. The summed E-state index contributed by atoms with van der Waals surface area (Å²) in [5.41, 5.74) is 0. The molecule has 0 aromatic rings. The average molecular weight is 182 g/mol. The molecule has 0 bridgehead atoms. The molecule has 0 radical (unpaired) electrons. The van der Waals surface area contributed by atoms with Gasteiger partial charge in [0.1, 0.15) is 0 Å². The number of morpholine rings is 1. The van der Waals surface area contributed by atoms with E-state index in [2.05, 4.69) is 16.6 Å². The molecule has 1 heterocycles. The van der Waals surface area contributed by atoms with E-state index in [-0.39, 0.29) is 18.4 Å². The predicted molar refractivity (Wildman–Crippen MR) is 49.1 cm³/mol. The minimum atomic E-state index is -0.102. The van der Waals surface area contributed by atoms with Crippen molar-refractivity contribution in [1.82, 2.24) is 10.6 Å². The maximum absolute atomic E-state index is 11.0. The Kier molecular flexibility index (Phi) is 4.30. The van der Waals surface area contributed by atoms with E-state index in [9.17, 15) is 4.79 Å². The lowest BCUT2D eigenvalue weighted by molar-refractivity contribution is -0.120. The van der Waals surface area contributed by atoms with E-state index in [1.807, 2.05) is 0 Å². The molecule has 1 aliphatic rings. The molecule has 0 spiro atoms. The maximum atomic E-state index is 11.0. The van der Waals surface area contributed by atoms with Crippen molar-refractivity contribution >= 4 is 5.91 Å². The van der Waals surface area contributed by atoms with Crippen LogP contribution in [0.15, 0.2) is 0 Å². The monoisotopic (exact) mass is 182 g/mol. The van der Waals surface area contributed by atoms with Gasteiger partial charge in [-0.2, -0.15) is 0 Å². The Bertz CT molecular complexity index is 204. The van der Waals surface area contributed by atoms with Gasteiger partial charge < -0.3 is 15.4 Å². The second-order valence-electron chi connectivity index (χ2n) is 2.91. The van der Waals surface area contributed by atoms with Crippen molar-refractivity contribution < 1.29 is 9.53 Å². The Hall–Kier alpha value is -1.05. The van der Waals surface area contributed by atoms with Gasteiger partial charge in [-0.05, 0) is 0 Å². The van der Waals surface area contributed by atoms with Crippen molar-refractivity contribution in [3.8, 4) is 12.3 Å². The van der Waals surface area contributed by atoms with Crippen LogP contribution in [0.1, 0.15) is 6.42 Å². The van der Waals surface area contributed by atoms with Crippen molar-refractivity contribution in [3.63, 3.8) is 0 Å². The number of ether oxygens (including phenoxy) is 1. The molecule has 72 valence electrons. The second kappa shape index (κ2) is 5.57. The van der Waals surface area contributed by atoms with Gasteiger partial charge >= 0.3 is 0 Å². The SMILES string of the molecule is C#CCC(=O)NCC1COCCN1. The molecule has 0 aliphatic carbocycles. The zero-order valence-electron chi connectivity index (χ0n) is 7.51. The van der Waals surface area contributed by atoms with Crippen LogP contribution in [0.25, 0.3) is 0 Å². The van der Waals surface area contributed by atoms with E-state index in [0.717, 1.165) is 13.2 Å². The van der Waals surface area contributed by atoms with Crippen LogP contribution in [-0.4, -0.2) is 38.3 Å². The Morgan fingerprint density at radius 3 is 3.23 bits per heavy atom. The quantitative estimate of drug-likeness (QED) is 0.557. The van der Waals surface area contributed by atoms with Gasteiger partial charge in [0.2, 0.25) is 5.91 Å². The first-order valence-corrected chi connectivity index (χ1v) is 4.34. The molecule has 13 heavy (non-hydrogen) atoms. The fraction of sp³-hybridized carbons (Fsp3) is 0.667. The van der Waals surface area contributed by atoms with Gasteiger partial charge in [-0.15, -0.1) is 6.42 Å². The number of terminal acetylenes is 1. The summed E-state index contributed by atoms with van der Waals surface area (Å²) in [5, 5.41) is 5.95. The van der Waals surface area contributed by atoms with E-state index in [4.69, 9.17) is 11.2 Å². The molecular formula is C9H14N2O2. The lowest BCUT2D eigenvalue weighted by atomic mass is 10.2. The van der Waals surface area contributed by atoms with Gasteiger partial charge in [0, 0.05) is 19.1 Å². The zero-order chi connectivity index (χ0) is 9.52. The molecule has 1 saturated heterocycles. The fourth-order valence-electron chi connectivity index (χ4n) is 1.14. The van der Waals surface area contributed by atoms with Gasteiger partial charge in [0.15, 0.2) is 0 Å². The summed E-state index contributed by atoms with van der Waals surface area (Å²) in [4.78, 5) is 11.0. The summed E-state index contributed by atoms with van der Waals surface area (Å²) >= 11 is 0. The molecule has 1 amide bonds. The van der Waals surface area contributed by atoms with Gasteiger partial charge in [0.05, 0.1) is 19.6 Å². The highest BCUT2D eigenvalue weighted by Crippen LogP contribution is 1.91. The normalized spacial score (nSPS) is 21.9. The van der Waals surface area contributed by atoms with Crippen molar-refractivity contribution in [2.75, 3.05) is 26.3 Å². The van der Waals surface area contributed by atoms with Crippen molar-refractivity contribution in [3.05, 3.63) is 0 Å². The summed E-state index contributed by atoms with van der Waals surface area (Å²) in [7, 11) is 0. The van der Waals surface area contributed by atoms with Crippen LogP contribution in [0, 0.1) is 12.3 Å². The molecule has 1 rings (SSSR count). The van der Waals surface area contributed by atoms with E-state index in [0.29, 0.717) is 13.2 Å². The smallest absolute Gasteiger partial charge is 0.232 e. The van der Waals surface area contributed by atoms with Crippen molar-refractivity contribution in [2.45, 2.75) is 12.5 Å². The number of carbonyl (C=O) groups is 1. The number of rotatable bonds is 3. The molecule has 0 aromatic carbocycles. The number of hydrogen-bond donors (Lipinski definition) is 2. The highest BCUT2D eigenvalue weighted by molar-refractivity contribution is 5.78. The fourth-order valence-corrected chi connectivity index (χ4v) is 1.14.